The average molecular weight is 406 g/mol. The third-order valence-corrected chi connectivity index (χ3v) is 4.16. The molecule has 0 aliphatic rings. The zero-order valence-corrected chi connectivity index (χ0v) is 16.2. The van der Waals surface area contributed by atoms with Gasteiger partial charge in [-0.1, -0.05) is 17.7 Å². The van der Waals surface area contributed by atoms with E-state index in [0.717, 1.165) is 0 Å². The molecule has 0 aliphatic heterocycles. The second kappa shape index (κ2) is 9.70. The number of carbonyl (C=O) groups is 2. The molecule has 0 bridgehead atoms. The number of esters is 1. The van der Waals surface area contributed by atoms with E-state index in [9.17, 15) is 19.7 Å². The molecule has 0 aliphatic carbocycles. The van der Waals surface area contributed by atoms with Crippen LogP contribution in [0.4, 0.5) is 17.1 Å². The van der Waals surface area contributed by atoms with Crippen LogP contribution in [-0.2, 0) is 9.53 Å². The number of rotatable bonds is 8. The van der Waals surface area contributed by atoms with Crippen LogP contribution in [0.2, 0.25) is 5.02 Å². The maximum Gasteiger partial charge on any atom is 0.307 e. The average Bonchev–Trinajstić information content (AvgIpc) is 2.67. The fourth-order valence-corrected chi connectivity index (χ4v) is 2.80. The Hall–Kier alpha value is -3.13. The molecule has 2 rings (SSSR count). The number of hydrogen-bond acceptors (Lipinski definition) is 6. The summed E-state index contributed by atoms with van der Waals surface area (Å²) in [7, 11) is 1.56. The highest BCUT2D eigenvalue weighted by Gasteiger charge is 2.23. The normalized spacial score (nSPS) is 10.2. The molecule has 148 valence electrons. The Morgan fingerprint density at radius 2 is 2.00 bits per heavy atom. The van der Waals surface area contributed by atoms with Crippen molar-refractivity contribution in [1.29, 1.82) is 0 Å². The number of nitrogens with zero attached hydrogens (tertiary/aromatic N) is 2. The number of amides is 1. The van der Waals surface area contributed by atoms with Crippen LogP contribution >= 0.6 is 11.6 Å². The second-order valence-corrected chi connectivity index (χ2v) is 6.17. The Morgan fingerprint density at radius 1 is 1.25 bits per heavy atom. The third-order valence-electron chi connectivity index (χ3n) is 3.92. The number of carbonyl (C=O) groups excluding carboxylic acids is 2. The first-order valence-corrected chi connectivity index (χ1v) is 8.94. The topological polar surface area (TPSA) is 102 Å². The van der Waals surface area contributed by atoms with Gasteiger partial charge >= 0.3 is 5.97 Å². The number of nitrogens with one attached hydrogen (secondary N) is 1. The molecule has 1 N–H and O–H groups in total. The molecule has 0 aromatic heterocycles. The first-order chi connectivity index (χ1) is 13.4. The summed E-state index contributed by atoms with van der Waals surface area (Å²) in [5.74, 6) is -0.934. The molecule has 28 heavy (non-hydrogen) atoms. The summed E-state index contributed by atoms with van der Waals surface area (Å²) in [6.45, 7) is 1.97. The summed E-state index contributed by atoms with van der Waals surface area (Å²) in [5.41, 5.74) is 0.670. The number of anilines is 2. The number of nitro benzene ring substituents is 1. The SMILES string of the molecule is CCOC(=O)CCN(C(=O)c1ccc(NC)c([N+](=O)[O-])c1)c1cccc(Cl)c1. The molecule has 0 saturated heterocycles. The van der Waals surface area contributed by atoms with Crippen LogP contribution in [0, 0.1) is 10.1 Å². The predicted octanol–water partition coefficient (Wildman–Crippen LogP) is 3.89. The summed E-state index contributed by atoms with van der Waals surface area (Å²) in [5, 5.41) is 14.4. The van der Waals surface area contributed by atoms with E-state index in [1.807, 2.05) is 0 Å². The molecular formula is C19H20ClN3O5. The molecule has 9 heteroatoms. The minimum absolute atomic E-state index is 0.0250. The molecule has 8 nitrogen and oxygen atoms in total. The maximum atomic E-state index is 13.1. The lowest BCUT2D eigenvalue weighted by Crippen LogP contribution is -2.33. The van der Waals surface area contributed by atoms with Gasteiger partial charge < -0.3 is 15.0 Å². The van der Waals surface area contributed by atoms with E-state index in [-0.39, 0.29) is 30.8 Å². The monoisotopic (exact) mass is 405 g/mol. The lowest BCUT2D eigenvalue weighted by Gasteiger charge is -2.23. The van der Waals surface area contributed by atoms with E-state index in [1.165, 1.54) is 23.1 Å². The first kappa shape index (κ1) is 21.2. The number of ether oxygens (including phenoxy) is 1. The van der Waals surface area contributed by atoms with Crippen molar-refractivity contribution >= 4 is 40.5 Å². The van der Waals surface area contributed by atoms with Gasteiger partial charge in [0, 0.05) is 35.9 Å². The van der Waals surface area contributed by atoms with Gasteiger partial charge in [-0.15, -0.1) is 0 Å². The van der Waals surface area contributed by atoms with Crippen LogP contribution in [0.1, 0.15) is 23.7 Å². The van der Waals surface area contributed by atoms with Crippen molar-refractivity contribution in [2.24, 2.45) is 0 Å². The minimum Gasteiger partial charge on any atom is -0.466 e. The second-order valence-electron chi connectivity index (χ2n) is 5.73. The largest absolute Gasteiger partial charge is 0.466 e. The van der Waals surface area contributed by atoms with Gasteiger partial charge in [-0.25, -0.2) is 0 Å². The van der Waals surface area contributed by atoms with E-state index in [1.54, 1.807) is 38.2 Å². The van der Waals surface area contributed by atoms with Gasteiger partial charge in [0.15, 0.2) is 0 Å². The summed E-state index contributed by atoms with van der Waals surface area (Å²) >= 11 is 6.03. The predicted molar refractivity (Wildman–Crippen MR) is 107 cm³/mol. The lowest BCUT2D eigenvalue weighted by molar-refractivity contribution is -0.384. The Kier molecular flexibility index (Phi) is 7.34. The zero-order valence-electron chi connectivity index (χ0n) is 15.5. The van der Waals surface area contributed by atoms with Gasteiger partial charge in [0.2, 0.25) is 0 Å². The van der Waals surface area contributed by atoms with Crippen molar-refractivity contribution in [2.75, 3.05) is 30.4 Å². The van der Waals surface area contributed by atoms with Crippen LogP contribution in [0.15, 0.2) is 42.5 Å². The van der Waals surface area contributed by atoms with Crippen molar-refractivity contribution in [2.45, 2.75) is 13.3 Å². The quantitative estimate of drug-likeness (QED) is 0.406. The van der Waals surface area contributed by atoms with E-state index < -0.39 is 16.8 Å². The maximum absolute atomic E-state index is 13.1. The Morgan fingerprint density at radius 3 is 2.61 bits per heavy atom. The Bertz CT molecular complexity index is 888. The van der Waals surface area contributed by atoms with Crippen LogP contribution in [-0.4, -0.2) is 37.0 Å². The van der Waals surface area contributed by atoms with Gasteiger partial charge in [0.05, 0.1) is 18.0 Å². The Balaban J connectivity index is 2.39. The zero-order chi connectivity index (χ0) is 20.7. The molecule has 0 atom stereocenters. The number of hydrogen-bond donors (Lipinski definition) is 1. The fraction of sp³-hybridized carbons (Fsp3) is 0.263. The molecule has 1 amide bonds. The van der Waals surface area contributed by atoms with Crippen molar-refractivity contribution in [3.63, 3.8) is 0 Å². The standard InChI is InChI=1S/C19H20ClN3O5/c1-3-28-18(24)9-10-22(15-6-4-5-14(20)12-15)19(25)13-7-8-16(21-2)17(11-13)23(26)27/h4-8,11-12,21H,3,9-10H2,1-2H3. The van der Waals surface area contributed by atoms with E-state index in [0.29, 0.717) is 16.4 Å². The van der Waals surface area contributed by atoms with Gasteiger partial charge in [0.1, 0.15) is 5.69 Å². The molecule has 0 unspecified atom stereocenters. The van der Waals surface area contributed by atoms with E-state index in [2.05, 4.69) is 5.32 Å². The van der Waals surface area contributed by atoms with Gasteiger partial charge in [-0.3, -0.25) is 19.7 Å². The first-order valence-electron chi connectivity index (χ1n) is 8.56. The molecule has 0 fully saturated rings. The van der Waals surface area contributed by atoms with Crippen LogP contribution in [0.3, 0.4) is 0 Å². The fourth-order valence-electron chi connectivity index (χ4n) is 2.61. The number of halogens is 1. The molecule has 2 aromatic carbocycles. The van der Waals surface area contributed by atoms with Gasteiger partial charge in [-0.05, 0) is 37.3 Å². The minimum atomic E-state index is -0.565. The highest BCUT2D eigenvalue weighted by Crippen LogP contribution is 2.27. The lowest BCUT2D eigenvalue weighted by atomic mass is 10.1. The molecule has 0 radical (unpaired) electrons. The van der Waals surface area contributed by atoms with E-state index in [4.69, 9.17) is 16.3 Å². The highest BCUT2D eigenvalue weighted by molar-refractivity contribution is 6.31. The summed E-state index contributed by atoms with van der Waals surface area (Å²) in [6, 6.07) is 10.7. The molecule has 0 spiro atoms. The van der Waals surface area contributed by atoms with Crippen LogP contribution in [0.5, 0.6) is 0 Å². The van der Waals surface area contributed by atoms with Crippen LogP contribution < -0.4 is 10.2 Å². The molecule has 0 heterocycles. The van der Waals surface area contributed by atoms with Crippen molar-refractivity contribution < 1.29 is 19.2 Å². The number of benzene rings is 2. The number of nitro groups is 1. The van der Waals surface area contributed by atoms with Gasteiger partial charge in [0.25, 0.3) is 11.6 Å². The highest BCUT2D eigenvalue weighted by atomic mass is 35.5. The van der Waals surface area contributed by atoms with Crippen molar-refractivity contribution in [3.8, 4) is 0 Å². The summed E-state index contributed by atoms with van der Waals surface area (Å²) < 4.78 is 4.92. The summed E-state index contributed by atoms with van der Waals surface area (Å²) in [4.78, 5) is 36.9. The van der Waals surface area contributed by atoms with Crippen molar-refractivity contribution in [3.05, 3.63) is 63.2 Å². The van der Waals surface area contributed by atoms with Gasteiger partial charge in [-0.2, -0.15) is 0 Å². The van der Waals surface area contributed by atoms with E-state index >= 15 is 0 Å². The van der Waals surface area contributed by atoms with Crippen LogP contribution in [0.25, 0.3) is 0 Å². The molecule has 0 saturated carbocycles. The Labute approximate surface area is 167 Å². The summed E-state index contributed by atoms with van der Waals surface area (Å²) in [6.07, 6.45) is -0.0250. The smallest absolute Gasteiger partial charge is 0.307 e. The molecule has 2 aromatic rings. The van der Waals surface area contributed by atoms with Crippen molar-refractivity contribution in [1.82, 2.24) is 0 Å². The third kappa shape index (κ3) is 5.20. The molecular weight excluding hydrogens is 386 g/mol.